The van der Waals surface area contributed by atoms with Gasteiger partial charge in [0.25, 0.3) is 5.91 Å². The van der Waals surface area contributed by atoms with Gasteiger partial charge in [0.05, 0.1) is 6.04 Å². The first-order valence-corrected chi connectivity index (χ1v) is 7.58. The summed E-state index contributed by atoms with van der Waals surface area (Å²) in [4.78, 5) is 23.4. The second-order valence-electron chi connectivity index (χ2n) is 5.45. The van der Waals surface area contributed by atoms with Gasteiger partial charge in [-0.2, -0.15) is 0 Å². The smallest absolute Gasteiger partial charge is 0.251 e. The molecule has 23 heavy (non-hydrogen) atoms. The largest absolute Gasteiger partial charge is 0.550 e. The minimum Gasteiger partial charge on any atom is -0.550 e. The number of carboxylic acids is 1. The van der Waals surface area contributed by atoms with Gasteiger partial charge in [-0.25, -0.2) is 0 Å². The number of nitrogens with one attached hydrogen (secondary N) is 1. The lowest BCUT2D eigenvalue weighted by molar-refractivity contribution is -0.306. The summed E-state index contributed by atoms with van der Waals surface area (Å²) >= 11 is 5.84. The molecule has 1 atom stereocenters. The van der Waals surface area contributed by atoms with Crippen LogP contribution in [0.5, 0.6) is 0 Å². The van der Waals surface area contributed by atoms with Gasteiger partial charge in [0, 0.05) is 23.0 Å². The summed E-state index contributed by atoms with van der Waals surface area (Å²) in [5.74, 6) is -1.56. The summed E-state index contributed by atoms with van der Waals surface area (Å²) in [6.07, 6.45) is -0.307. The molecule has 120 valence electrons. The fourth-order valence-corrected chi connectivity index (χ4v) is 2.36. The van der Waals surface area contributed by atoms with E-state index in [2.05, 4.69) is 5.32 Å². The average molecular weight is 331 g/mol. The summed E-state index contributed by atoms with van der Waals surface area (Å²) < 4.78 is 0. The average Bonchev–Trinajstić information content (AvgIpc) is 2.49. The number of halogens is 1. The van der Waals surface area contributed by atoms with E-state index in [-0.39, 0.29) is 12.3 Å². The van der Waals surface area contributed by atoms with Gasteiger partial charge in [0.2, 0.25) is 0 Å². The van der Waals surface area contributed by atoms with Crippen molar-refractivity contribution < 1.29 is 14.7 Å². The zero-order valence-corrected chi connectivity index (χ0v) is 13.7. The van der Waals surface area contributed by atoms with Crippen molar-refractivity contribution in [1.29, 1.82) is 0 Å². The zero-order chi connectivity index (χ0) is 17.0. The van der Waals surface area contributed by atoms with E-state index in [0.29, 0.717) is 16.1 Å². The Kier molecular flexibility index (Phi) is 5.40. The Bertz CT molecular complexity index is 726. The third-order valence-corrected chi connectivity index (χ3v) is 3.97. The molecule has 2 aromatic carbocycles. The van der Waals surface area contributed by atoms with Crippen molar-refractivity contribution in [3.63, 3.8) is 0 Å². The van der Waals surface area contributed by atoms with E-state index in [4.69, 9.17) is 11.6 Å². The molecular weight excluding hydrogens is 314 g/mol. The number of carbonyl (C=O) groups excluding carboxylic acids is 2. The molecule has 2 aromatic rings. The van der Waals surface area contributed by atoms with E-state index in [1.165, 1.54) is 0 Å². The maximum Gasteiger partial charge on any atom is 0.251 e. The lowest BCUT2D eigenvalue weighted by Gasteiger charge is -2.20. The van der Waals surface area contributed by atoms with Crippen LogP contribution in [0.25, 0.3) is 0 Å². The van der Waals surface area contributed by atoms with Gasteiger partial charge in [0.15, 0.2) is 0 Å². The van der Waals surface area contributed by atoms with Crippen molar-refractivity contribution in [2.75, 3.05) is 0 Å². The highest BCUT2D eigenvalue weighted by molar-refractivity contribution is 6.30. The molecule has 0 aliphatic heterocycles. The van der Waals surface area contributed by atoms with Gasteiger partial charge >= 0.3 is 0 Å². The molecule has 0 saturated carbocycles. The minimum atomic E-state index is -1.23. The predicted molar refractivity (Wildman–Crippen MR) is 87.2 cm³/mol. The first-order chi connectivity index (χ1) is 10.9. The van der Waals surface area contributed by atoms with E-state index >= 15 is 0 Å². The number of amides is 1. The fraction of sp³-hybridized carbons (Fsp3) is 0.222. The van der Waals surface area contributed by atoms with Crippen LogP contribution in [0, 0.1) is 13.8 Å². The van der Waals surface area contributed by atoms with E-state index in [0.717, 1.165) is 11.1 Å². The summed E-state index contributed by atoms with van der Waals surface area (Å²) in [6, 6.07) is 11.4. The highest BCUT2D eigenvalue weighted by Crippen LogP contribution is 2.20. The molecule has 0 heterocycles. The summed E-state index contributed by atoms with van der Waals surface area (Å²) in [5.41, 5.74) is 3.24. The molecule has 5 heteroatoms. The molecule has 0 fully saturated rings. The Balaban J connectivity index is 2.22. The minimum absolute atomic E-state index is 0.307. The Morgan fingerprint density at radius 3 is 2.30 bits per heavy atom. The van der Waals surface area contributed by atoms with Crippen LogP contribution in [-0.2, 0) is 4.79 Å². The molecule has 4 nitrogen and oxygen atoms in total. The monoisotopic (exact) mass is 330 g/mol. The molecule has 0 unspecified atom stereocenters. The number of rotatable bonds is 5. The molecule has 0 bridgehead atoms. The lowest BCUT2D eigenvalue weighted by atomic mass is 10.0. The normalized spacial score (nSPS) is 11.8. The van der Waals surface area contributed by atoms with Crippen molar-refractivity contribution in [2.24, 2.45) is 0 Å². The fourth-order valence-electron chi connectivity index (χ4n) is 2.24. The molecule has 1 amide bonds. The quantitative estimate of drug-likeness (QED) is 0.916. The third kappa shape index (κ3) is 4.57. The van der Waals surface area contributed by atoms with Gasteiger partial charge in [-0.3, -0.25) is 4.79 Å². The molecule has 0 aromatic heterocycles. The van der Waals surface area contributed by atoms with Crippen LogP contribution in [0.1, 0.15) is 39.5 Å². The maximum absolute atomic E-state index is 12.4. The second-order valence-corrected chi connectivity index (χ2v) is 5.89. The van der Waals surface area contributed by atoms with Crippen LogP contribution in [-0.4, -0.2) is 11.9 Å². The molecule has 2 rings (SSSR count). The van der Waals surface area contributed by atoms with E-state index < -0.39 is 12.0 Å². The van der Waals surface area contributed by atoms with Crippen molar-refractivity contribution in [1.82, 2.24) is 5.32 Å². The molecule has 0 radical (unpaired) electrons. The van der Waals surface area contributed by atoms with Crippen LogP contribution in [0.2, 0.25) is 5.02 Å². The Labute approximate surface area is 140 Å². The van der Waals surface area contributed by atoms with Gasteiger partial charge in [-0.1, -0.05) is 29.8 Å². The number of carbonyl (C=O) groups is 2. The molecule has 0 aliphatic carbocycles. The first kappa shape index (κ1) is 17.0. The van der Waals surface area contributed by atoms with E-state index in [1.807, 2.05) is 19.9 Å². The topological polar surface area (TPSA) is 69.2 Å². The van der Waals surface area contributed by atoms with Gasteiger partial charge in [0.1, 0.15) is 0 Å². The van der Waals surface area contributed by atoms with Crippen LogP contribution in [0.3, 0.4) is 0 Å². The number of hydrogen-bond acceptors (Lipinski definition) is 3. The molecular formula is C18H17ClNO3-. The van der Waals surface area contributed by atoms with Crippen molar-refractivity contribution in [3.05, 3.63) is 69.7 Å². The molecule has 0 saturated heterocycles. The Hall–Kier alpha value is -2.33. The molecule has 1 N–H and O–H groups in total. The highest BCUT2D eigenvalue weighted by Gasteiger charge is 2.16. The third-order valence-electron chi connectivity index (χ3n) is 3.72. The molecule has 0 aliphatic rings. The van der Waals surface area contributed by atoms with Crippen molar-refractivity contribution in [3.8, 4) is 0 Å². The Morgan fingerprint density at radius 1 is 1.09 bits per heavy atom. The number of benzene rings is 2. The maximum atomic E-state index is 12.4. The Morgan fingerprint density at radius 2 is 1.74 bits per heavy atom. The van der Waals surface area contributed by atoms with E-state index in [1.54, 1.807) is 36.4 Å². The van der Waals surface area contributed by atoms with Gasteiger partial charge in [-0.05, 0) is 54.8 Å². The van der Waals surface area contributed by atoms with Crippen LogP contribution in [0.15, 0.2) is 42.5 Å². The summed E-state index contributed by atoms with van der Waals surface area (Å²) in [6.45, 7) is 3.88. The number of hydrogen-bond donors (Lipinski definition) is 1. The second kappa shape index (κ2) is 7.29. The van der Waals surface area contributed by atoms with Crippen LogP contribution in [0.4, 0.5) is 0 Å². The summed E-state index contributed by atoms with van der Waals surface area (Å²) in [5, 5.41) is 14.3. The van der Waals surface area contributed by atoms with Crippen LogP contribution < -0.4 is 10.4 Å². The first-order valence-electron chi connectivity index (χ1n) is 7.20. The van der Waals surface area contributed by atoms with Gasteiger partial charge < -0.3 is 15.2 Å². The lowest BCUT2D eigenvalue weighted by Crippen LogP contribution is -2.34. The molecule has 0 spiro atoms. The zero-order valence-electron chi connectivity index (χ0n) is 12.9. The number of carboxylic acid groups (broad SMARTS) is 1. The van der Waals surface area contributed by atoms with Crippen LogP contribution >= 0.6 is 11.6 Å². The SMILES string of the molecule is Cc1ccc(C(=O)N[C@@H](CC(=O)[O-])c2ccc(Cl)cc2)cc1C. The standard InChI is InChI=1S/C18H18ClNO3/c1-11-3-4-14(9-12(11)2)18(23)20-16(10-17(21)22)13-5-7-15(19)8-6-13/h3-9,16H,10H2,1-2H3,(H,20,23)(H,21,22)/p-1/t16-/m0/s1. The number of aryl methyl sites for hydroxylation is 2. The number of aliphatic carboxylic acids is 1. The predicted octanol–water partition coefficient (Wildman–Crippen LogP) is 2.57. The highest BCUT2D eigenvalue weighted by atomic mass is 35.5. The van der Waals surface area contributed by atoms with Gasteiger partial charge in [-0.15, -0.1) is 0 Å². The van der Waals surface area contributed by atoms with Crippen molar-refractivity contribution >= 4 is 23.5 Å². The summed E-state index contributed by atoms with van der Waals surface area (Å²) in [7, 11) is 0. The van der Waals surface area contributed by atoms with E-state index in [9.17, 15) is 14.7 Å². The van der Waals surface area contributed by atoms with Crippen molar-refractivity contribution in [2.45, 2.75) is 26.3 Å².